The van der Waals surface area contributed by atoms with Crippen molar-refractivity contribution in [2.45, 2.75) is 58.4 Å². The summed E-state index contributed by atoms with van der Waals surface area (Å²) in [7, 11) is 0. The molecular formula is C26H32FN3O3. The number of hydrogen-bond donors (Lipinski definition) is 1. The van der Waals surface area contributed by atoms with Gasteiger partial charge < -0.3 is 14.6 Å². The summed E-state index contributed by atoms with van der Waals surface area (Å²) in [6.45, 7) is 7.26. The molecule has 1 aliphatic carbocycles. The Hall–Kier alpha value is -2.74. The molecule has 1 aliphatic rings. The molecule has 4 rings (SSSR count). The SMILES string of the molecule is Cc1nn(-c2ccccc2)c(Oc2cccc(F)c2)c1CN(C[C@H](O)COC(C)C)C1CC1. The molecule has 0 spiro atoms. The van der Waals surface area contributed by atoms with E-state index in [1.165, 1.54) is 12.1 Å². The molecule has 33 heavy (non-hydrogen) atoms. The van der Waals surface area contributed by atoms with Crippen LogP contribution >= 0.6 is 0 Å². The van der Waals surface area contributed by atoms with Gasteiger partial charge in [0.05, 0.1) is 35.8 Å². The van der Waals surface area contributed by atoms with Crippen LogP contribution in [0.4, 0.5) is 4.39 Å². The molecule has 0 radical (unpaired) electrons. The number of hydrogen-bond acceptors (Lipinski definition) is 5. The number of ether oxygens (including phenoxy) is 2. The molecule has 1 aromatic heterocycles. The van der Waals surface area contributed by atoms with E-state index in [0.29, 0.717) is 37.4 Å². The Morgan fingerprint density at radius 2 is 1.91 bits per heavy atom. The first-order valence-electron chi connectivity index (χ1n) is 11.5. The van der Waals surface area contributed by atoms with Crippen molar-refractivity contribution in [3.63, 3.8) is 0 Å². The first-order chi connectivity index (χ1) is 15.9. The third kappa shape index (κ3) is 6.19. The highest BCUT2D eigenvalue weighted by Crippen LogP contribution is 2.35. The average Bonchev–Trinajstić information content (AvgIpc) is 3.59. The van der Waals surface area contributed by atoms with Gasteiger partial charge in [0, 0.05) is 25.2 Å². The molecule has 2 aromatic carbocycles. The van der Waals surface area contributed by atoms with Crippen LogP contribution in [0.15, 0.2) is 54.6 Å². The minimum atomic E-state index is -0.579. The van der Waals surface area contributed by atoms with Gasteiger partial charge in [-0.2, -0.15) is 5.10 Å². The molecule has 1 fully saturated rings. The van der Waals surface area contributed by atoms with Crippen LogP contribution in [-0.2, 0) is 11.3 Å². The molecule has 0 unspecified atom stereocenters. The standard InChI is InChI=1S/C26H32FN3O3/c1-18(2)32-17-23(31)15-29(21-12-13-21)16-25-19(3)28-30(22-9-5-4-6-10-22)26(25)33-24-11-7-8-20(27)14-24/h4-11,14,18,21,23,31H,12-13,15-17H2,1-3H3/t23-/m0/s1. The third-order valence-corrected chi connectivity index (χ3v) is 5.64. The predicted octanol–water partition coefficient (Wildman–Crippen LogP) is 4.86. The molecule has 0 amide bonds. The fourth-order valence-electron chi connectivity index (χ4n) is 3.82. The Balaban J connectivity index is 1.64. The lowest BCUT2D eigenvalue weighted by Crippen LogP contribution is -2.36. The van der Waals surface area contributed by atoms with Gasteiger partial charge in [-0.15, -0.1) is 0 Å². The quantitative estimate of drug-likeness (QED) is 0.449. The number of benzene rings is 2. The van der Waals surface area contributed by atoms with Crippen molar-refractivity contribution >= 4 is 0 Å². The minimum absolute atomic E-state index is 0.0756. The zero-order valence-corrected chi connectivity index (χ0v) is 19.4. The average molecular weight is 454 g/mol. The number of aromatic nitrogens is 2. The lowest BCUT2D eigenvalue weighted by Gasteiger charge is -2.25. The predicted molar refractivity (Wildman–Crippen MR) is 125 cm³/mol. The smallest absolute Gasteiger partial charge is 0.227 e. The third-order valence-electron chi connectivity index (χ3n) is 5.64. The lowest BCUT2D eigenvalue weighted by atomic mass is 10.2. The molecule has 0 saturated heterocycles. The van der Waals surface area contributed by atoms with Crippen LogP contribution < -0.4 is 4.74 Å². The summed E-state index contributed by atoms with van der Waals surface area (Å²) in [6.07, 6.45) is 1.70. The van der Waals surface area contributed by atoms with E-state index in [1.54, 1.807) is 16.8 Å². The molecule has 1 atom stereocenters. The molecular weight excluding hydrogens is 421 g/mol. The molecule has 1 heterocycles. The molecule has 6 nitrogen and oxygen atoms in total. The van der Waals surface area contributed by atoms with Gasteiger partial charge in [-0.05, 0) is 57.9 Å². The first-order valence-corrected chi connectivity index (χ1v) is 11.5. The second-order valence-corrected chi connectivity index (χ2v) is 8.87. The van der Waals surface area contributed by atoms with Gasteiger partial charge in [0.25, 0.3) is 0 Å². The zero-order valence-electron chi connectivity index (χ0n) is 19.4. The van der Waals surface area contributed by atoms with Crippen LogP contribution in [-0.4, -0.2) is 51.2 Å². The van der Waals surface area contributed by atoms with E-state index in [1.807, 2.05) is 51.1 Å². The summed E-state index contributed by atoms with van der Waals surface area (Å²) >= 11 is 0. The van der Waals surface area contributed by atoms with Crippen LogP contribution in [0.1, 0.15) is 37.9 Å². The van der Waals surface area contributed by atoms with E-state index in [2.05, 4.69) is 4.90 Å². The van der Waals surface area contributed by atoms with E-state index in [9.17, 15) is 9.50 Å². The largest absolute Gasteiger partial charge is 0.438 e. The fourth-order valence-corrected chi connectivity index (χ4v) is 3.82. The molecule has 176 valence electrons. The van der Waals surface area contributed by atoms with Crippen LogP contribution in [0.5, 0.6) is 11.6 Å². The van der Waals surface area contributed by atoms with Crippen LogP contribution in [0.2, 0.25) is 0 Å². The van der Waals surface area contributed by atoms with E-state index < -0.39 is 6.10 Å². The lowest BCUT2D eigenvalue weighted by molar-refractivity contribution is -0.0107. The van der Waals surface area contributed by atoms with Crippen molar-refractivity contribution in [2.75, 3.05) is 13.2 Å². The summed E-state index contributed by atoms with van der Waals surface area (Å²) in [6, 6.07) is 16.3. The summed E-state index contributed by atoms with van der Waals surface area (Å²) in [4.78, 5) is 2.27. The Bertz CT molecular complexity index is 1050. The number of halogens is 1. The highest BCUT2D eigenvalue weighted by Gasteiger charge is 2.32. The van der Waals surface area contributed by atoms with Crippen molar-refractivity contribution in [3.8, 4) is 17.3 Å². The van der Waals surface area contributed by atoms with E-state index in [-0.39, 0.29) is 11.9 Å². The van der Waals surface area contributed by atoms with Crippen molar-refractivity contribution in [2.24, 2.45) is 0 Å². The Morgan fingerprint density at radius 3 is 2.58 bits per heavy atom. The normalized spacial score (nSPS) is 14.8. The highest BCUT2D eigenvalue weighted by atomic mass is 19.1. The Morgan fingerprint density at radius 1 is 1.15 bits per heavy atom. The zero-order chi connectivity index (χ0) is 23.4. The van der Waals surface area contributed by atoms with Gasteiger partial charge in [0.1, 0.15) is 11.6 Å². The number of nitrogens with zero attached hydrogens (tertiary/aromatic N) is 3. The monoisotopic (exact) mass is 453 g/mol. The van der Waals surface area contributed by atoms with Gasteiger partial charge >= 0.3 is 0 Å². The number of para-hydroxylation sites is 1. The molecule has 7 heteroatoms. The number of aliphatic hydroxyl groups is 1. The second-order valence-electron chi connectivity index (χ2n) is 8.87. The van der Waals surface area contributed by atoms with E-state index >= 15 is 0 Å². The summed E-state index contributed by atoms with van der Waals surface area (Å²) in [5.74, 6) is 0.615. The molecule has 1 saturated carbocycles. The molecule has 3 aromatic rings. The van der Waals surface area contributed by atoms with Gasteiger partial charge in [-0.3, -0.25) is 4.90 Å². The van der Waals surface area contributed by atoms with Crippen LogP contribution in [0.3, 0.4) is 0 Å². The molecule has 0 aliphatic heterocycles. The second kappa shape index (κ2) is 10.5. The van der Waals surface area contributed by atoms with Gasteiger partial charge in [-0.1, -0.05) is 24.3 Å². The minimum Gasteiger partial charge on any atom is -0.438 e. The maximum atomic E-state index is 13.8. The molecule has 0 bridgehead atoms. The Kier molecular flexibility index (Phi) is 7.42. The summed E-state index contributed by atoms with van der Waals surface area (Å²) < 4.78 is 27.4. The number of aliphatic hydroxyl groups excluding tert-OH is 1. The Labute approximate surface area is 194 Å². The topological polar surface area (TPSA) is 59.8 Å². The maximum absolute atomic E-state index is 13.8. The first kappa shape index (κ1) is 23.4. The molecule has 1 N–H and O–H groups in total. The number of rotatable bonds is 11. The van der Waals surface area contributed by atoms with Gasteiger partial charge in [-0.25, -0.2) is 9.07 Å². The number of aryl methyl sites for hydroxylation is 1. The van der Waals surface area contributed by atoms with E-state index in [0.717, 1.165) is 29.8 Å². The van der Waals surface area contributed by atoms with Crippen LogP contribution in [0.25, 0.3) is 5.69 Å². The van der Waals surface area contributed by atoms with Crippen molar-refractivity contribution in [3.05, 3.63) is 71.7 Å². The summed E-state index contributed by atoms with van der Waals surface area (Å²) in [5.41, 5.74) is 2.62. The van der Waals surface area contributed by atoms with Crippen molar-refractivity contribution in [1.29, 1.82) is 0 Å². The van der Waals surface area contributed by atoms with Crippen LogP contribution in [0, 0.1) is 12.7 Å². The fraction of sp³-hybridized carbons (Fsp3) is 0.423. The van der Waals surface area contributed by atoms with Gasteiger partial charge in [0.15, 0.2) is 0 Å². The summed E-state index contributed by atoms with van der Waals surface area (Å²) in [5, 5.41) is 15.3. The maximum Gasteiger partial charge on any atom is 0.227 e. The van der Waals surface area contributed by atoms with Crippen molar-refractivity contribution < 1.29 is 19.0 Å². The van der Waals surface area contributed by atoms with Crippen molar-refractivity contribution in [1.82, 2.24) is 14.7 Å². The highest BCUT2D eigenvalue weighted by molar-refractivity contribution is 5.43. The van der Waals surface area contributed by atoms with E-state index in [4.69, 9.17) is 14.6 Å². The van der Waals surface area contributed by atoms with Gasteiger partial charge in [0.2, 0.25) is 5.88 Å².